The Morgan fingerprint density at radius 2 is 1.88 bits per heavy atom. The first kappa shape index (κ1) is 12.5. The van der Waals surface area contributed by atoms with Crippen LogP contribution in [-0.4, -0.2) is 40.1 Å². The van der Waals surface area contributed by atoms with Gasteiger partial charge < -0.3 is 4.90 Å². The van der Waals surface area contributed by atoms with Crippen LogP contribution in [0.15, 0.2) is 29.2 Å². The zero-order chi connectivity index (χ0) is 12.5. The molecule has 1 aromatic carbocycles. The van der Waals surface area contributed by atoms with Crippen LogP contribution in [0.4, 0.5) is 0 Å². The van der Waals surface area contributed by atoms with E-state index < -0.39 is 10.1 Å². The SMILES string of the molecule is Cc1ccc(S(=O)(=O)OCC2CN(C)C2)cc1. The van der Waals surface area contributed by atoms with E-state index in [4.69, 9.17) is 4.18 Å². The normalized spacial score (nSPS) is 18.0. The molecule has 0 unspecified atom stereocenters. The molecule has 2 rings (SSSR count). The van der Waals surface area contributed by atoms with Crippen LogP contribution in [0, 0.1) is 12.8 Å². The number of nitrogens with zero attached hydrogens (tertiary/aromatic N) is 1. The van der Waals surface area contributed by atoms with E-state index in [0.717, 1.165) is 18.7 Å². The summed E-state index contributed by atoms with van der Waals surface area (Å²) in [5.41, 5.74) is 1.03. The first-order chi connectivity index (χ1) is 7.97. The summed E-state index contributed by atoms with van der Waals surface area (Å²) in [5, 5.41) is 0. The molecule has 1 saturated heterocycles. The monoisotopic (exact) mass is 255 g/mol. The van der Waals surface area contributed by atoms with Gasteiger partial charge in [-0.15, -0.1) is 0 Å². The van der Waals surface area contributed by atoms with Crippen molar-refractivity contribution in [2.75, 3.05) is 26.7 Å². The maximum atomic E-state index is 11.8. The number of hydrogen-bond acceptors (Lipinski definition) is 4. The summed E-state index contributed by atoms with van der Waals surface area (Å²) in [6.07, 6.45) is 0. The van der Waals surface area contributed by atoms with Gasteiger partial charge in [0.25, 0.3) is 10.1 Å². The van der Waals surface area contributed by atoms with Crippen molar-refractivity contribution in [3.63, 3.8) is 0 Å². The van der Waals surface area contributed by atoms with Crippen molar-refractivity contribution < 1.29 is 12.6 Å². The Labute approximate surface area is 102 Å². The first-order valence-corrected chi connectivity index (χ1v) is 7.03. The van der Waals surface area contributed by atoms with Crippen LogP contribution in [0.1, 0.15) is 5.56 Å². The second kappa shape index (κ2) is 4.76. The second-order valence-corrected chi connectivity index (χ2v) is 6.25. The summed E-state index contributed by atoms with van der Waals surface area (Å²) in [4.78, 5) is 2.36. The summed E-state index contributed by atoms with van der Waals surface area (Å²) in [7, 11) is -1.58. The number of rotatable bonds is 4. The maximum Gasteiger partial charge on any atom is 0.296 e. The molecule has 0 N–H and O–H groups in total. The van der Waals surface area contributed by atoms with Crippen LogP contribution in [0.2, 0.25) is 0 Å². The van der Waals surface area contributed by atoms with Gasteiger partial charge in [0.05, 0.1) is 11.5 Å². The molecule has 1 heterocycles. The Morgan fingerprint density at radius 1 is 1.29 bits per heavy atom. The molecule has 94 valence electrons. The molecule has 5 heteroatoms. The Morgan fingerprint density at radius 3 is 2.41 bits per heavy atom. The molecule has 0 spiro atoms. The highest BCUT2D eigenvalue weighted by molar-refractivity contribution is 7.86. The van der Waals surface area contributed by atoms with E-state index in [1.807, 2.05) is 14.0 Å². The van der Waals surface area contributed by atoms with Gasteiger partial charge in [-0.3, -0.25) is 4.18 Å². The highest BCUT2D eigenvalue weighted by Crippen LogP contribution is 2.18. The van der Waals surface area contributed by atoms with Crippen LogP contribution in [-0.2, 0) is 14.3 Å². The predicted octanol–water partition coefficient (Wildman–Crippen LogP) is 1.26. The summed E-state index contributed by atoms with van der Waals surface area (Å²) >= 11 is 0. The molecule has 0 aliphatic carbocycles. The van der Waals surface area contributed by atoms with Crippen molar-refractivity contribution in [3.8, 4) is 0 Å². The minimum atomic E-state index is -3.58. The summed E-state index contributed by atoms with van der Waals surface area (Å²) < 4.78 is 28.7. The van der Waals surface area contributed by atoms with Crippen molar-refractivity contribution in [2.24, 2.45) is 5.92 Å². The van der Waals surface area contributed by atoms with E-state index in [1.165, 1.54) is 0 Å². The molecular formula is C12H17NO3S. The van der Waals surface area contributed by atoms with Gasteiger partial charge in [0, 0.05) is 19.0 Å². The Hall–Kier alpha value is -0.910. The predicted molar refractivity (Wildman–Crippen MR) is 65.3 cm³/mol. The molecule has 1 aliphatic heterocycles. The van der Waals surface area contributed by atoms with Gasteiger partial charge in [0.2, 0.25) is 0 Å². The van der Waals surface area contributed by atoms with Crippen LogP contribution in [0.5, 0.6) is 0 Å². The van der Waals surface area contributed by atoms with Crippen LogP contribution in [0.25, 0.3) is 0 Å². The van der Waals surface area contributed by atoms with Crippen molar-refractivity contribution in [2.45, 2.75) is 11.8 Å². The topological polar surface area (TPSA) is 46.6 Å². The van der Waals surface area contributed by atoms with Gasteiger partial charge in [-0.1, -0.05) is 17.7 Å². The molecule has 0 radical (unpaired) electrons. The van der Waals surface area contributed by atoms with E-state index in [1.54, 1.807) is 24.3 Å². The lowest BCUT2D eigenvalue weighted by atomic mass is 10.0. The van der Waals surface area contributed by atoms with E-state index in [2.05, 4.69) is 4.90 Å². The minimum absolute atomic E-state index is 0.232. The zero-order valence-electron chi connectivity index (χ0n) is 10.1. The van der Waals surface area contributed by atoms with Crippen LogP contribution < -0.4 is 0 Å². The van der Waals surface area contributed by atoms with Gasteiger partial charge in [-0.25, -0.2) is 0 Å². The summed E-state index contributed by atoms with van der Waals surface area (Å²) in [5.74, 6) is 0.334. The van der Waals surface area contributed by atoms with Crippen LogP contribution in [0.3, 0.4) is 0 Å². The number of likely N-dealkylation sites (tertiary alicyclic amines) is 1. The molecule has 4 nitrogen and oxygen atoms in total. The fourth-order valence-corrected chi connectivity index (χ4v) is 2.87. The van der Waals surface area contributed by atoms with Crippen LogP contribution >= 0.6 is 0 Å². The second-order valence-electron chi connectivity index (χ2n) is 4.64. The molecule has 0 bridgehead atoms. The van der Waals surface area contributed by atoms with Gasteiger partial charge in [-0.05, 0) is 26.1 Å². The maximum absolute atomic E-state index is 11.8. The third-order valence-corrected chi connectivity index (χ3v) is 4.20. The lowest BCUT2D eigenvalue weighted by Gasteiger charge is -2.35. The zero-order valence-corrected chi connectivity index (χ0v) is 10.9. The standard InChI is InChI=1S/C12H17NO3S/c1-10-3-5-12(6-4-10)17(14,15)16-9-11-7-13(2)8-11/h3-6,11H,7-9H2,1-2H3. The fourth-order valence-electron chi connectivity index (χ4n) is 1.89. The van der Waals surface area contributed by atoms with E-state index in [0.29, 0.717) is 5.92 Å². The Bertz CT molecular complexity index is 475. The molecule has 0 atom stereocenters. The van der Waals surface area contributed by atoms with E-state index in [9.17, 15) is 8.42 Å². The van der Waals surface area contributed by atoms with Gasteiger partial charge >= 0.3 is 0 Å². The number of benzene rings is 1. The smallest absolute Gasteiger partial charge is 0.296 e. The average molecular weight is 255 g/mol. The number of aryl methyl sites for hydroxylation is 1. The molecule has 0 aromatic heterocycles. The lowest BCUT2D eigenvalue weighted by Crippen LogP contribution is -2.46. The largest absolute Gasteiger partial charge is 0.306 e. The van der Waals surface area contributed by atoms with Crippen molar-refractivity contribution in [3.05, 3.63) is 29.8 Å². The lowest BCUT2D eigenvalue weighted by molar-refractivity contribution is 0.0882. The third kappa shape index (κ3) is 3.06. The molecule has 0 saturated carbocycles. The fraction of sp³-hybridized carbons (Fsp3) is 0.500. The molecule has 17 heavy (non-hydrogen) atoms. The van der Waals surface area contributed by atoms with Crippen molar-refractivity contribution in [1.82, 2.24) is 4.90 Å². The number of hydrogen-bond donors (Lipinski definition) is 0. The molecule has 1 fully saturated rings. The average Bonchev–Trinajstić information content (AvgIpc) is 2.23. The van der Waals surface area contributed by atoms with E-state index in [-0.39, 0.29) is 11.5 Å². The van der Waals surface area contributed by atoms with Crippen molar-refractivity contribution in [1.29, 1.82) is 0 Å². The van der Waals surface area contributed by atoms with Crippen molar-refractivity contribution >= 4 is 10.1 Å². The Balaban J connectivity index is 1.96. The molecular weight excluding hydrogens is 238 g/mol. The molecule has 1 aliphatic rings. The van der Waals surface area contributed by atoms with E-state index >= 15 is 0 Å². The minimum Gasteiger partial charge on any atom is -0.306 e. The van der Waals surface area contributed by atoms with Gasteiger partial charge in [-0.2, -0.15) is 8.42 Å². The first-order valence-electron chi connectivity index (χ1n) is 5.62. The summed E-state index contributed by atoms with van der Waals surface area (Å²) in [6.45, 7) is 4.01. The van der Waals surface area contributed by atoms with Gasteiger partial charge in [0.1, 0.15) is 0 Å². The Kier molecular flexibility index (Phi) is 3.51. The third-order valence-electron chi connectivity index (χ3n) is 2.91. The van der Waals surface area contributed by atoms with Gasteiger partial charge in [0.15, 0.2) is 0 Å². The molecule has 1 aromatic rings. The highest BCUT2D eigenvalue weighted by Gasteiger charge is 2.26. The highest BCUT2D eigenvalue weighted by atomic mass is 32.2. The summed E-state index contributed by atoms with van der Waals surface area (Å²) in [6, 6.07) is 6.70. The molecule has 0 amide bonds. The quantitative estimate of drug-likeness (QED) is 0.760.